The number of rotatable bonds is 4. The molecule has 2 aromatic carbocycles. The lowest BCUT2D eigenvalue weighted by molar-refractivity contribution is 0.578. The van der Waals surface area contributed by atoms with Gasteiger partial charge in [0.1, 0.15) is 0 Å². The van der Waals surface area contributed by atoms with E-state index in [1.165, 1.54) is 6.26 Å². The molecule has 0 radical (unpaired) electrons. The first-order valence-electron chi connectivity index (χ1n) is 5.63. The largest absolute Gasteiger partial charge is 0.213 e. The maximum absolute atomic E-state index is 11.5. The van der Waals surface area contributed by atoms with Crippen molar-refractivity contribution in [3.8, 4) is 0 Å². The molecule has 0 amide bonds. The van der Waals surface area contributed by atoms with Crippen LogP contribution in [0.25, 0.3) is 0 Å². The van der Waals surface area contributed by atoms with Gasteiger partial charge in [0.05, 0.1) is 12.3 Å². The minimum Gasteiger partial charge on any atom is -0.213 e. The first-order valence-corrected chi connectivity index (χ1v) is 7.52. The SMILES string of the molecule is CS(=O)(=O)NC(c1ccccc1)c1ccccc1. The molecule has 0 aliphatic heterocycles. The lowest BCUT2D eigenvalue weighted by Crippen LogP contribution is -2.28. The molecule has 1 N–H and O–H groups in total. The van der Waals surface area contributed by atoms with Crippen LogP contribution in [0.1, 0.15) is 17.2 Å². The van der Waals surface area contributed by atoms with Crippen molar-refractivity contribution in [1.82, 2.24) is 4.72 Å². The molecule has 0 aliphatic rings. The Morgan fingerprint density at radius 2 is 1.22 bits per heavy atom. The highest BCUT2D eigenvalue weighted by atomic mass is 32.2. The quantitative estimate of drug-likeness (QED) is 0.918. The molecule has 0 aliphatic carbocycles. The normalized spacial score (nSPS) is 11.7. The van der Waals surface area contributed by atoms with Gasteiger partial charge in [0.25, 0.3) is 0 Å². The van der Waals surface area contributed by atoms with Gasteiger partial charge in [0.2, 0.25) is 10.0 Å². The van der Waals surface area contributed by atoms with E-state index in [-0.39, 0.29) is 6.04 Å². The van der Waals surface area contributed by atoms with E-state index >= 15 is 0 Å². The van der Waals surface area contributed by atoms with Gasteiger partial charge in [-0.25, -0.2) is 13.1 Å². The first kappa shape index (κ1) is 12.8. The zero-order valence-corrected chi connectivity index (χ0v) is 10.9. The number of hydrogen-bond acceptors (Lipinski definition) is 2. The van der Waals surface area contributed by atoms with Crippen molar-refractivity contribution >= 4 is 10.0 Å². The number of benzene rings is 2. The van der Waals surface area contributed by atoms with Crippen molar-refractivity contribution in [3.63, 3.8) is 0 Å². The van der Waals surface area contributed by atoms with E-state index < -0.39 is 10.0 Å². The Bertz CT molecular complexity index is 555. The summed E-state index contributed by atoms with van der Waals surface area (Å²) in [5.41, 5.74) is 1.85. The predicted octanol–water partition coefficient (Wildman–Crippen LogP) is 2.33. The van der Waals surface area contributed by atoms with Crippen LogP contribution in [0.4, 0.5) is 0 Å². The molecule has 0 spiro atoms. The van der Waals surface area contributed by atoms with E-state index in [0.29, 0.717) is 0 Å². The van der Waals surface area contributed by atoms with E-state index in [1.54, 1.807) is 0 Å². The Hall–Kier alpha value is -1.65. The Morgan fingerprint density at radius 1 is 0.833 bits per heavy atom. The highest BCUT2D eigenvalue weighted by Gasteiger charge is 2.17. The molecule has 0 unspecified atom stereocenters. The molecule has 18 heavy (non-hydrogen) atoms. The van der Waals surface area contributed by atoms with Gasteiger partial charge in [-0.1, -0.05) is 60.7 Å². The second-order valence-electron chi connectivity index (χ2n) is 4.14. The maximum atomic E-state index is 11.5. The first-order chi connectivity index (χ1) is 8.56. The number of hydrogen-bond donors (Lipinski definition) is 1. The van der Waals surface area contributed by atoms with E-state index in [9.17, 15) is 8.42 Å². The van der Waals surface area contributed by atoms with Gasteiger partial charge in [-0.3, -0.25) is 0 Å². The van der Waals surface area contributed by atoms with Gasteiger partial charge >= 0.3 is 0 Å². The van der Waals surface area contributed by atoms with Crippen LogP contribution in [0.5, 0.6) is 0 Å². The third-order valence-electron chi connectivity index (χ3n) is 2.60. The van der Waals surface area contributed by atoms with Crippen LogP contribution in [0.15, 0.2) is 60.7 Å². The summed E-state index contributed by atoms with van der Waals surface area (Å²) in [7, 11) is -3.27. The summed E-state index contributed by atoms with van der Waals surface area (Å²) in [6.07, 6.45) is 1.17. The Balaban J connectivity index is 2.42. The zero-order chi connectivity index (χ0) is 13.0. The van der Waals surface area contributed by atoms with Gasteiger partial charge < -0.3 is 0 Å². The fraction of sp³-hybridized carbons (Fsp3) is 0.143. The monoisotopic (exact) mass is 261 g/mol. The molecule has 3 nitrogen and oxygen atoms in total. The average molecular weight is 261 g/mol. The number of sulfonamides is 1. The minimum absolute atomic E-state index is 0.345. The third kappa shape index (κ3) is 3.42. The summed E-state index contributed by atoms with van der Waals surface area (Å²) < 4.78 is 25.6. The molecule has 0 aromatic heterocycles. The third-order valence-corrected chi connectivity index (χ3v) is 3.26. The van der Waals surface area contributed by atoms with Crippen molar-refractivity contribution in [3.05, 3.63) is 71.8 Å². The van der Waals surface area contributed by atoms with Crippen molar-refractivity contribution in [1.29, 1.82) is 0 Å². The van der Waals surface area contributed by atoms with Crippen LogP contribution in [0, 0.1) is 0 Å². The second kappa shape index (κ2) is 5.33. The summed E-state index contributed by atoms with van der Waals surface area (Å²) >= 11 is 0. The average Bonchev–Trinajstić information content (AvgIpc) is 2.37. The van der Waals surface area contributed by atoms with Crippen LogP contribution < -0.4 is 4.72 Å². The van der Waals surface area contributed by atoms with E-state index in [4.69, 9.17) is 0 Å². The van der Waals surface area contributed by atoms with Crippen LogP contribution in [0.2, 0.25) is 0 Å². The number of nitrogens with one attached hydrogen (secondary N) is 1. The van der Waals surface area contributed by atoms with Crippen molar-refractivity contribution in [2.24, 2.45) is 0 Å². The summed E-state index contributed by atoms with van der Waals surface area (Å²) in [5, 5.41) is 0. The molecule has 0 saturated carbocycles. The van der Waals surface area contributed by atoms with E-state index in [2.05, 4.69) is 4.72 Å². The Kier molecular flexibility index (Phi) is 3.79. The van der Waals surface area contributed by atoms with Crippen LogP contribution in [-0.4, -0.2) is 14.7 Å². The van der Waals surface area contributed by atoms with Crippen LogP contribution >= 0.6 is 0 Å². The van der Waals surface area contributed by atoms with Crippen LogP contribution in [-0.2, 0) is 10.0 Å². The molecule has 0 atom stereocenters. The second-order valence-corrected chi connectivity index (χ2v) is 5.92. The Labute approximate surface area is 108 Å². The molecule has 94 valence electrons. The topological polar surface area (TPSA) is 46.2 Å². The molecule has 0 bridgehead atoms. The van der Waals surface area contributed by atoms with Crippen molar-refractivity contribution < 1.29 is 8.42 Å². The summed E-state index contributed by atoms with van der Waals surface area (Å²) in [5.74, 6) is 0. The van der Waals surface area contributed by atoms with Gasteiger partial charge in [-0.15, -0.1) is 0 Å². The highest BCUT2D eigenvalue weighted by Crippen LogP contribution is 2.22. The smallest absolute Gasteiger partial charge is 0.209 e. The zero-order valence-electron chi connectivity index (χ0n) is 10.1. The Morgan fingerprint density at radius 3 is 1.56 bits per heavy atom. The van der Waals surface area contributed by atoms with Crippen LogP contribution in [0.3, 0.4) is 0 Å². The lowest BCUT2D eigenvalue weighted by atomic mass is 10.00. The molecule has 0 saturated heterocycles. The minimum atomic E-state index is -3.27. The van der Waals surface area contributed by atoms with E-state index in [1.807, 2.05) is 60.7 Å². The van der Waals surface area contributed by atoms with Gasteiger partial charge in [0, 0.05) is 0 Å². The fourth-order valence-corrected chi connectivity index (χ4v) is 2.53. The van der Waals surface area contributed by atoms with E-state index in [0.717, 1.165) is 11.1 Å². The maximum Gasteiger partial charge on any atom is 0.209 e. The molecular weight excluding hydrogens is 246 g/mol. The molecule has 2 aromatic rings. The molecule has 0 heterocycles. The lowest BCUT2D eigenvalue weighted by Gasteiger charge is -2.18. The molecular formula is C14H15NO2S. The standard InChI is InChI=1S/C14H15NO2S/c1-18(16,17)15-14(12-8-4-2-5-9-12)13-10-6-3-7-11-13/h2-11,14-15H,1H3. The summed E-state index contributed by atoms with van der Waals surface area (Å²) in [6, 6.07) is 18.7. The highest BCUT2D eigenvalue weighted by molar-refractivity contribution is 7.88. The predicted molar refractivity (Wildman–Crippen MR) is 72.7 cm³/mol. The van der Waals surface area contributed by atoms with Gasteiger partial charge in [0.15, 0.2) is 0 Å². The van der Waals surface area contributed by atoms with Crippen molar-refractivity contribution in [2.75, 3.05) is 6.26 Å². The summed E-state index contributed by atoms with van der Waals surface area (Å²) in [6.45, 7) is 0. The molecule has 4 heteroatoms. The summed E-state index contributed by atoms with van der Waals surface area (Å²) in [4.78, 5) is 0. The van der Waals surface area contributed by atoms with Gasteiger partial charge in [-0.05, 0) is 11.1 Å². The fourth-order valence-electron chi connectivity index (χ4n) is 1.83. The molecule has 0 fully saturated rings. The van der Waals surface area contributed by atoms with Crippen molar-refractivity contribution in [2.45, 2.75) is 6.04 Å². The molecule has 2 rings (SSSR count). The van der Waals surface area contributed by atoms with Gasteiger partial charge in [-0.2, -0.15) is 0 Å².